The van der Waals surface area contributed by atoms with Crippen LogP contribution in [0.25, 0.3) is 0 Å². The summed E-state index contributed by atoms with van der Waals surface area (Å²) >= 11 is 5.95. The standard InChI is InChI=1S/C14H18ClNO3/c15-12-3-1-2-4-13(12)19-8-6-16-14(17)9-11-5-7-18-10-11/h1-4,11H,5-10H2,(H,16,17). The van der Waals surface area contributed by atoms with Gasteiger partial charge in [0, 0.05) is 19.6 Å². The molecule has 1 N–H and O–H groups in total. The van der Waals surface area contributed by atoms with E-state index in [2.05, 4.69) is 5.32 Å². The molecule has 2 rings (SSSR count). The average Bonchev–Trinajstić information content (AvgIpc) is 2.89. The fraction of sp³-hybridized carbons (Fsp3) is 0.500. The Morgan fingerprint density at radius 3 is 3.05 bits per heavy atom. The summed E-state index contributed by atoms with van der Waals surface area (Å²) in [5.74, 6) is 1.06. The van der Waals surface area contributed by atoms with Gasteiger partial charge in [-0.15, -0.1) is 0 Å². The molecule has 0 radical (unpaired) electrons. The predicted molar refractivity (Wildman–Crippen MR) is 73.5 cm³/mol. The SMILES string of the molecule is O=C(CC1CCOC1)NCCOc1ccccc1Cl. The van der Waals surface area contributed by atoms with Crippen molar-refractivity contribution < 1.29 is 14.3 Å². The molecule has 104 valence electrons. The molecule has 1 fully saturated rings. The molecule has 0 aliphatic carbocycles. The van der Waals surface area contributed by atoms with E-state index in [0.717, 1.165) is 13.0 Å². The van der Waals surface area contributed by atoms with Gasteiger partial charge in [0.1, 0.15) is 12.4 Å². The van der Waals surface area contributed by atoms with E-state index >= 15 is 0 Å². The Labute approximate surface area is 118 Å². The molecule has 0 saturated carbocycles. The molecule has 0 spiro atoms. The van der Waals surface area contributed by atoms with Crippen molar-refractivity contribution in [1.82, 2.24) is 5.32 Å². The van der Waals surface area contributed by atoms with Gasteiger partial charge in [0.2, 0.25) is 5.91 Å². The van der Waals surface area contributed by atoms with Crippen LogP contribution in [0.4, 0.5) is 0 Å². The van der Waals surface area contributed by atoms with Crippen molar-refractivity contribution in [1.29, 1.82) is 0 Å². The summed E-state index contributed by atoms with van der Waals surface area (Å²) in [5.41, 5.74) is 0. The minimum atomic E-state index is 0.0539. The molecule has 1 atom stereocenters. The van der Waals surface area contributed by atoms with E-state index < -0.39 is 0 Å². The molecule has 19 heavy (non-hydrogen) atoms. The molecule has 1 aliphatic rings. The Kier molecular flexibility index (Phi) is 5.48. The minimum absolute atomic E-state index is 0.0539. The number of carbonyl (C=O) groups is 1. The lowest BCUT2D eigenvalue weighted by atomic mass is 10.1. The highest BCUT2D eigenvalue weighted by molar-refractivity contribution is 6.32. The lowest BCUT2D eigenvalue weighted by Gasteiger charge is -2.10. The normalized spacial score (nSPS) is 18.3. The number of rotatable bonds is 6. The molecule has 1 amide bonds. The third-order valence-corrected chi connectivity index (χ3v) is 3.33. The highest BCUT2D eigenvalue weighted by atomic mass is 35.5. The quantitative estimate of drug-likeness (QED) is 0.815. The lowest BCUT2D eigenvalue weighted by Crippen LogP contribution is -2.29. The minimum Gasteiger partial charge on any atom is -0.490 e. The van der Waals surface area contributed by atoms with Crippen molar-refractivity contribution >= 4 is 17.5 Å². The van der Waals surface area contributed by atoms with E-state index in [0.29, 0.717) is 42.9 Å². The molecule has 0 aromatic heterocycles. The monoisotopic (exact) mass is 283 g/mol. The summed E-state index contributed by atoms with van der Waals surface area (Å²) in [6.45, 7) is 2.37. The van der Waals surface area contributed by atoms with E-state index in [1.54, 1.807) is 12.1 Å². The number of amides is 1. The number of ether oxygens (including phenoxy) is 2. The van der Waals surface area contributed by atoms with Crippen LogP contribution in [0.2, 0.25) is 5.02 Å². The topological polar surface area (TPSA) is 47.6 Å². The van der Waals surface area contributed by atoms with Crippen LogP contribution < -0.4 is 10.1 Å². The Morgan fingerprint density at radius 1 is 1.47 bits per heavy atom. The van der Waals surface area contributed by atoms with Crippen LogP contribution in [-0.4, -0.2) is 32.3 Å². The largest absolute Gasteiger partial charge is 0.490 e. The fourth-order valence-corrected chi connectivity index (χ4v) is 2.18. The van der Waals surface area contributed by atoms with Crippen molar-refractivity contribution in [2.24, 2.45) is 5.92 Å². The molecular formula is C14H18ClNO3. The number of hydrogen-bond acceptors (Lipinski definition) is 3. The maximum absolute atomic E-state index is 11.6. The van der Waals surface area contributed by atoms with E-state index in [4.69, 9.17) is 21.1 Å². The summed E-state index contributed by atoms with van der Waals surface area (Å²) in [7, 11) is 0. The number of hydrogen-bond donors (Lipinski definition) is 1. The van der Waals surface area contributed by atoms with Crippen LogP contribution in [0, 0.1) is 5.92 Å². The van der Waals surface area contributed by atoms with Crippen molar-refractivity contribution in [3.8, 4) is 5.75 Å². The van der Waals surface area contributed by atoms with Gasteiger partial charge >= 0.3 is 0 Å². The second-order valence-electron chi connectivity index (χ2n) is 4.56. The second-order valence-corrected chi connectivity index (χ2v) is 4.97. The molecule has 1 unspecified atom stereocenters. The summed E-state index contributed by atoms with van der Waals surface area (Å²) in [6.07, 6.45) is 1.51. The molecule has 1 aliphatic heterocycles. The Bertz CT molecular complexity index is 419. The predicted octanol–water partition coefficient (Wildman–Crippen LogP) is 2.26. The smallest absolute Gasteiger partial charge is 0.220 e. The van der Waals surface area contributed by atoms with Gasteiger partial charge in [-0.05, 0) is 24.5 Å². The maximum Gasteiger partial charge on any atom is 0.220 e. The van der Waals surface area contributed by atoms with Crippen molar-refractivity contribution in [2.75, 3.05) is 26.4 Å². The third kappa shape index (κ3) is 4.73. The first-order chi connectivity index (χ1) is 9.25. The second kappa shape index (κ2) is 7.36. The van der Waals surface area contributed by atoms with Crippen molar-refractivity contribution in [2.45, 2.75) is 12.8 Å². The maximum atomic E-state index is 11.6. The number of benzene rings is 1. The lowest BCUT2D eigenvalue weighted by molar-refractivity contribution is -0.122. The average molecular weight is 284 g/mol. The van der Waals surface area contributed by atoms with E-state index in [1.165, 1.54) is 0 Å². The summed E-state index contributed by atoms with van der Waals surface area (Å²) in [4.78, 5) is 11.6. The van der Waals surface area contributed by atoms with Gasteiger partial charge in [-0.2, -0.15) is 0 Å². The zero-order valence-corrected chi connectivity index (χ0v) is 11.5. The van der Waals surface area contributed by atoms with Gasteiger partial charge in [-0.3, -0.25) is 4.79 Å². The van der Waals surface area contributed by atoms with Gasteiger partial charge in [0.05, 0.1) is 11.6 Å². The van der Waals surface area contributed by atoms with Crippen LogP contribution in [0.3, 0.4) is 0 Å². The fourth-order valence-electron chi connectivity index (χ4n) is 1.99. The first kappa shape index (κ1) is 14.2. The molecule has 5 heteroatoms. The highest BCUT2D eigenvalue weighted by Crippen LogP contribution is 2.22. The first-order valence-electron chi connectivity index (χ1n) is 6.47. The van der Waals surface area contributed by atoms with Gasteiger partial charge in [0.15, 0.2) is 0 Å². The van der Waals surface area contributed by atoms with Gasteiger partial charge < -0.3 is 14.8 Å². The Balaban J connectivity index is 1.61. The molecule has 1 saturated heterocycles. The number of halogens is 1. The Morgan fingerprint density at radius 2 is 2.32 bits per heavy atom. The van der Waals surface area contributed by atoms with Gasteiger partial charge in [-0.1, -0.05) is 23.7 Å². The van der Waals surface area contributed by atoms with Crippen LogP contribution in [0.1, 0.15) is 12.8 Å². The highest BCUT2D eigenvalue weighted by Gasteiger charge is 2.18. The van der Waals surface area contributed by atoms with E-state index in [9.17, 15) is 4.79 Å². The van der Waals surface area contributed by atoms with Crippen molar-refractivity contribution in [3.05, 3.63) is 29.3 Å². The number of para-hydroxylation sites is 1. The first-order valence-corrected chi connectivity index (χ1v) is 6.85. The molecule has 4 nitrogen and oxygen atoms in total. The molecule has 0 bridgehead atoms. The van der Waals surface area contributed by atoms with Gasteiger partial charge in [-0.25, -0.2) is 0 Å². The van der Waals surface area contributed by atoms with Crippen LogP contribution in [-0.2, 0) is 9.53 Å². The third-order valence-electron chi connectivity index (χ3n) is 3.02. The van der Waals surface area contributed by atoms with E-state index in [1.807, 2.05) is 12.1 Å². The van der Waals surface area contributed by atoms with Crippen LogP contribution >= 0.6 is 11.6 Å². The molecule has 1 aromatic rings. The zero-order valence-electron chi connectivity index (χ0n) is 10.7. The Hall–Kier alpha value is -1.26. The number of nitrogens with one attached hydrogen (secondary N) is 1. The summed E-state index contributed by atoms with van der Waals surface area (Å²) in [6, 6.07) is 7.29. The molecule has 1 aromatic carbocycles. The van der Waals surface area contributed by atoms with Crippen molar-refractivity contribution in [3.63, 3.8) is 0 Å². The van der Waals surface area contributed by atoms with Crippen LogP contribution in [0.15, 0.2) is 24.3 Å². The number of carbonyl (C=O) groups excluding carboxylic acids is 1. The molecule has 1 heterocycles. The molecular weight excluding hydrogens is 266 g/mol. The van der Waals surface area contributed by atoms with Crippen LogP contribution in [0.5, 0.6) is 5.75 Å². The van der Waals surface area contributed by atoms with E-state index in [-0.39, 0.29) is 5.91 Å². The van der Waals surface area contributed by atoms with Gasteiger partial charge in [0.25, 0.3) is 0 Å². The summed E-state index contributed by atoms with van der Waals surface area (Å²) < 4.78 is 10.7. The zero-order chi connectivity index (χ0) is 13.5. The summed E-state index contributed by atoms with van der Waals surface area (Å²) in [5, 5.41) is 3.42.